The summed E-state index contributed by atoms with van der Waals surface area (Å²) in [6, 6.07) is 1.39. The van der Waals surface area contributed by atoms with E-state index in [1.807, 2.05) is 20.8 Å². The van der Waals surface area contributed by atoms with Crippen LogP contribution in [0.1, 0.15) is 26.5 Å². The largest absolute Gasteiger partial charge is 0.349 e. The van der Waals surface area contributed by atoms with Crippen LogP contribution in [0.25, 0.3) is 0 Å². The van der Waals surface area contributed by atoms with E-state index in [1.165, 1.54) is 10.6 Å². The molecule has 1 heterocycles. The summed E-state index contributed by atoms with van der Waals surface area (Å²) in [6.07, 6.45) is 0. The molecule has 0 radical (unpaired) electrons. The summed E-state index contributed by atoms with van der Waals surface area (Å²) >= 11 is 0. The molecule has 0 spiro atoms. The molecule has 0 aromatic carbocycles. The normalized spacial score (nSPS) is 11.7. The Morgan fingerprint density at radius 2 is 1.79 bits per heavy atom. The van der Waals surface area contributed by atoms with Gasteiger partial charge in [-0.05, 0) is 0 Å². The van der Waals surface area contributed by atoms with Crippen LogP contribution in [0.15, 0.2) is 15.7 Å². The van der Waals surface area contributed by atoms with E-state index < -0.39 is 11.2 Å². The molecule has 5 nitrogen and oxygen atoms in total. The first kappa shape index (κ1) is 10.6. The predicted molar refractivity (Wildman–Crippen MR) is 54.8 cm³/mol. The average molecular weight is 197 g/mol. The third kappa shape index (κ3) is 1.57. The molecule has 1 aromatic rings. The Morgan fingerprint density at radius 3 is 2.21 bits per heavy atom. The van der Waals surface area contributed by atoms with Gasteiger partial charge in [-0.1, -0.05) is 20.8 Å². The highest BCUT2D eigenvalue weighted by molar-refractivity contribution is 5.12. The van der Waals surface area contributed by atoms with Gasteiger partial charge in [0.2, 0.25) is 0 Å². The van der Waals surface area contributed by atoms with Gasteiger partial charge in [0, 0.05) is 24.2 Å². The number of nitrogen functional groups attached to an aromatic ring is 1. The summed E-state index contributed by atoms with van der Waals surface area (Å²) in [5.41, 5.74) is -0.545. The minimum absolute atomic E-state index is 0.249. The molecule has 0 fully saturated rings. The summed E-state index contributed by atoms with van der Waals surface area (Å²) in [5, 5.41) is 0. The number of rotatable bonds is 0. The number of hydrogen-bond acceptors (Lipinski definition) is 3. The first-order valence-electron chi connectivity index (χ1n) is 4.34. The van der Waals surface area contributed by atoms with E-state index in [-0.39, 0.29) is 5.41 Å². The lowest BCUT2D eigenvalue weighted by Gasteiger charge is -2.21. The maximum atomic E-state index is 11.5. The first-order valence-corrected chi connectivity index (χ1v) is 4.34. The van der Waals surface area contributed by atoms with E-state index >= 15 is 0 Å². The van der Waals surface area contributed by atoms with E-state index in [0.717, 1.165) is 0 Å². The molecule has 0 amide bonds. The molecule has 2 N–H and O–H groups in total. The Morgan fingerprint density at radius 1 is 1.29 bits per heavy atom. The van der Waals surface area contributed by atoms with Gasteiger partial charge in [0.25, 0.3) is 5.56 Å². The third-order valence-corrected chi connectivity index (χ3v) is 2.12. The summed E-state index contributed by atoms with van der Waals surface area (Å²) < 4.78 is 2.00. The quantitative estimate of drug-likeness (QED) is 0.573. The van der Waals surface area contributed by atoms with Crippen molar-refractivity contribution in [2.45, 2.75) is 26.2 Å². The van der Waals surface area contributed by atoms with Crippen LogP contribution in [0.2, 0.25) is 0 Å². The van der Waals surface area contributed by atoms with Crippen LogP contribution in [-0.4, -0.2) is 9.24 Å². The number of nitrogens with zero attached hydrogens (tertiary/aromatic N) is 2. The van der Waals surface area contributed by atoms with E-state index in [9.17, 15) is 9.59 Å². The monoisotopic (exact) mass is 197 g/mol. The van der Waals surface area contributed by atoms with Crippen molar-refractivity contribution in [3.05, 3.63) is 32.6 Å². The van der Waals surface area contributed by atoms with Crippen molar-refractivity contribution in [3.63, 3.8) is 0 Å². The predicted octanol–water partition coefficient (Wildman–Crippen LogP) is -0.442. The molecule has 14 heavy (non-hydrogen) atoms. The Labute approximate surface area is 81.7 Å². The molecule has 0 atom stereocenters. The lowest BCUT2D eigenvalue weighted by atomic mass is 9.92. The Hall–Kier alpha value is -1.52. The van der Waals surface area contributed by atoms with Gasteiger partial charge in [0.15, 0.2) is 0 Å². The second-order valence-corrected chi connectivity index (χ2v) is 4.33. The maximum absolute atomic E-state index is 11.5. The molecule has 1 aromatic heterocycles. The van der Waals surface area contributed by atoms with Crippen LogP contribution < -0.4 is 17.1 Å². The summed E-state index contributed by atoms with van der Waals surface area (Å²) in [6.45, 7) is 5.80. The van der Waals surface area contributed by atoms with Gasteiger partial charge in [-0.25, -0.2) is 4.79 Å². The van der Waals surface area contributed by atoms with Crippen LogP contribution in [0, 0.1) is 0 Å². The van der Waals surface area contributed by atoms with Crippen LogP contribution in [0.5, 0.6) is 0 Å². The molecule has 0 bridgehead atoms. The molecular formula is C9H15N3O2. The van der Waals surface area contributed by atoms with Gasteiger partial charge in [0.05, 0.1) is 0 Å². The summed E-state index contributed by atoms with van der Waals surface area (Å²) in [7, 11) is 1.60. The Bertz CT molecular complexity index is 462. The minimum atomic E-state index is -0.498. The van der Waals surface area contributed by atoms with Gasteiger partial charge in [-0.15, -0.1) is 0 Å². The molecule has 0 aliphatic heterocycles. The average Bonchev–Trinajstić information content (AvgIpc) is 2.06. The highest BCUT2D eigenvalue weighted by Crippen LogP contribution is 2.18. The Kier molecular flexibility index (Phi) is 2.27. The topological polar surface area (TPSA) is 70.0 Å². The zero-order chi connectivity index (χ0) is 11.1. The highest BCUT2D eigenvalue weighted by atomic mass is 16.2. The SMILES string of the molecule is Cn1c(C(C)(C)C)cc(=O)n(N)c1=O. The van der Waals surface area contributed by atoms with Crippen molar-refractivity contribution in [2.24, 2.45) is 7.05 Å². The van der Waals surface area contributed by atoms with Crippen molar-refractivity contribution in [3.8, 4) is 0 Å². The molecule has 0 aliphatic carbocycles. The van der Waals surface area contributed by atoms with Gasteiger partial charge in [-0.3, -0.25) is 9.36 Å². The van der Waals surface area contributed by atoms with E-state index in [0.29, 0.717) is 10.4 Å². The van der Waals surface area contributed by atoms with Crippen LogP contribution in [0.3, 0.4) is 0 Å². The second kappa shape index (κ2) is 3.01. The fraction of sp³-hybridized carbons (Fsp3) is 0.556. The zero-order valence-corrected chi connectivity index (χ0v) is 8.87. The Balaban J connectivity index is 3.67. The molecular weight excluding hydrogens is 182 g/mol. The van der Waals surface area contributed by atoms with Gasteiger partial charge < -0.3 is 5.84 Å². The molecule has 0 saturated carbocycles. The molecule has 0 unspecified atom stereocenters. The number of aromatic nitrogens is 2. The van der Waals surface area contributed by atoms with Crippen molar-refractivity contribution < 1.29 is 0 Å². The molecule has 78 valence electrons. The van der Waals surface area contributed by atoms with Crippen LogP contribution in [0.4, 0.5) is 0 Å². The molecule has 0 saturated heterocycles. The summed E-state index contributed by atoms with van der Waals surface area (Å²) in [5.74, 6) is 5.27. The van der Waals surface area contributed by atoms with Crippen LogP contribution in [-0.2, 0) is 12.5 Å². The fourth-order valence-electron chi connectivity index (χ4n) is 1.36. The third-order valence-electron chi connectivity index (χ3n) is 2.12. The zero-order valence-electron chi connectivity index (χ0n) is 8.87. The van der Waals surface area contributed by atoms with Crippen molar-refractivity contribution >= 4 is 0 Å². The molecule has 5 heteroatoms. The van der Waals surface area contributed by atoms with Gasteiger partial charge in [0.1, 0.15) is 0 Å². The number of nitrogens with two attached hydrogens (primary N) is 1. The van der Waals surface area contributed by atoms with Crippen molar-refractivity contribution in [1.29, 1.82) is 0 Å². The molecule has 1 rings (SSSR count). The van der Waals surface area contributed by atoms with E-state index in [1.54, 1.807) is 7.05 Å². The molecule has 0 aliphatic rings. The first-order chi connectivity index (χ1) is 6.25. The van der Waals surface area contributed by atoms with Crippen LogP contribution >= 0.6 is 0 Å². The second-order valence-electron chi connectivity index (χ2n) is 4.33. The minimum Gasteiger partial charge on any atom is -0.332 e. The van der Waals surface area contributed by atoms with Gasteiger partial charge in [-0.2, -0.15) is 4.68 Å². The lowest BCUT2D eigenvalue weighted by Crippen LogP contribution is -2.46. The van der Waals surface area contributed by atoms with Gasteiger partial charge >= 0.3 is 5.69 Å². The summed E-state index contributed by atoms with van der Waals surface area (Å²) in [4.78, 5) is 22.7. The maximum Gasteiger partial charge on any atom is 0.349 e. The van der Waals surface area contributed by atoms with Crippen molar-refractivity contribution in [1.82, 2.24) is 9.24 Å². The smallest absolute Gasteiger partial charge is 0.332 e. The van der Waals surface area contributed by atoms with E-state index in [4.69, 9.17) is 5.84 Å². The highest BCUT2D eigenvalue weighted by Gasteiger charge is 2.19. The fourth-order valence-corrected chi connectivity index (χ4v) is 1.36. The van der Waals surface area contributed by atoms with E-state index in [2.05, 4.69) is 0 Å². The number of hydrogen-bond donors (Lipinski definition) is 1. The van der Waals surface area contributed by atoms with Crippen molar-refractivity contribution in [2.75, 3.05) is 5.84 Å². The lowest BCUT2D eigenvalue weighted by molar-refractivity contribution is 0.513. The standard InChI is InChI=1S/C9H15N3O2/c1-9(2,3)6-5-7(13)12(10)8(14)11(6)4/h5H,10H2,1-4H3.